The number of hydrogen-bond acceptors (Lipinski definition) is 5. The van der Waals surface area contributed by atoms with E-state index in [1.165, 1.54) is 0 Å². The van der Waals surface area contributed by atoms with Gasteiger partial charge in [-0.25, -0.2) is 0 Å². The van der Waals surface area contributed by atoms with Crippen LogP contribution >= 0.6 is 11.8 Å². The Balaban J connectivity index is 2.05. The Labute approximate surface area is 111 Å². The molecule has 1 aromatic rings. The first-order chi connectivity index (χ1) is 8.70. The quantitative estimate of drug-likeness (QED) is 0.821. The number of nitrogens with two attached hydrogens (primary N) is 1. The Morgan fingerprint density at radius 1 is 1.56 bits per heavy atom. The second-order valence-electron chi connectivity index (χ2n) is 4.41. The Bertz CT molecular complexity index is 420. The number of aryl methyl sites for hydroxylation is 1. The molecule has 0 aromatic carbocycles. The van der Waals surface area contributed by atoms with E-state index in [9.17, 15) is 4.79 Å². The molecule has 2 rings (SSSR count). The van der Waals surface area contributed by atoms with Gasteiger partial charge in [-0.05, 0) is 19.8 Å². The number of hydrogen-bond donors (Lipinski definition) is 2. The summed E-state index contributed by atoms with van der Waals surface area (Å²) in [5.74, 6) is 1.01. The van der Waals surface area contributed by atoms with Crippen molar-refractivity contribution in [2.24, 2.45) is 5.73 Å². The van der Waals surface area contributed by atoms with Crippen molar-refractivity contribution in [3.05, 3.63) is 5.82 Å². The minimum absolute atomic E-state index is 0.131. The monoisotopic (exact) mass is 269 g/mol. The molecule has 0 saturated carbocycles. The van der Waals surface area contributed by atoms with E-state index in [0.29, 0.717) is 13.0 Å². The number of rotatable bonds is 4. The molecule has 2 heterocycles. The standard InChI is InChI=1S/C11H19N5OS/c1-8-14-15-11(16(8)6-4-12)18-9-3-2-5-13-10(17)7-9/h9H,2-7,12H2,1H3,(H,13,17). The second kappa shape index (κ2) is 6.19. The molecule has 0 bridgehead atoms. The third-order valence-electron chi connectivity index (χ3n) is 2.96. The lowest BCUT2D eigenvalue weighted by atomic mass is 10.2. The van der Waals surface area contributed by atoms with Gasteiger partial charge in [0.25, 0.3) is 0 Å². The molecule has 1 aromatic heterocycles. The van der Waals surface area contributed by atoms with Crippen molar-refractivity contribution in [1.82, 2.24) is 20.1 Å². The summed E-state index contributed by atoms with van der Waals surface area (Å²) in [4.78, 5) is 11.5. The number of carbonyl (C=O) groups excluding carboxylic acids is 1. The molecule has 0 radical (unpaired) electrons. The number of thioether (sulfide) groups is 1. The molecule has 100 valence electrons. The lowest BCUT2D eigenvalue weighted by Crippen LogP contribution is -2.23. The number of aromatic nitrogens is 3. The van der Waals surface area contributed by atoms with Crippen molar-refractivity contribution in [2.75, 3.05) is 13.1 Å². The first-order valence-electron chi connectivity index (χ1n) is 6.24. The van der Waals surface area contributed by atoms with Gasteiger partial charge in [0.1, 0.15) is 5.82 Å². The van der Waals surface area contributed by atoms with Crippen LogP contribution in [0.15, 0.2) is 5.16 Å². The van der Waals surface area contributed by atoms with E-state index in [1.807, 2.05) is 11.5 Å². The average molecular weight is 269 g/mol. The highest BCUT2D eigenvalue weighted by atomic mass is 32.2. The summed E-state index contributed by atoms with van der Waals surface area (Å²) in [6.07, 6.45) is 2.60. The van der Waals surface area contributed by atoms with Crippen molar-refractivity contribution < 1.29 is 4.79 Å². The summed E-state index contributed by atoms with van der Waals surface area (Å²) >= 11 is 1.64. The largest absolute Gasteiger partial charge is 0.356 e. The molecular weight excluding hydrogens is 250 g/mol. The van der Waals surface area contributed by atoms with Crippen LogP contribution in [0.1, 0.15) is 25.1 Å². The maximum atomic E-state index is 11.5. The van der Waals surface area contributed by atoms with Crippen LogP contribution in [-0.2, 0) is 11.3 Å². The van der Waals surface area contributed by atoms with Crippen LogP contribution in [0, 0.1) is 6.92 Å². The van der Waals surface area contributed by atoms with Gasteiger partial charge in [-0.1, -0.05) is 11.8 Å². The molecule has 0 spiro atoms. The normalized spacial score (nSPS) is 20.6. The molecule has 18 heavy (non-hydrogen) atoms. The molecule has 6 nitrogen and oxygen atoms in total. The summed E-state index contributed by atoms with van der Waals surface area (Å²) in [6.45, 7) is 3.99. The van der Waals surface area contributed by atoms with Gasteiger partial charge in [-0.2, -0.15) is 0 Å². The number of nitrogens with one attached hydrogen (secondary N) is 1. The van der Waals surface area contributed by atoms with Crippen LogP contribution in [0.3, 0.4) is 0 Å². The molecule has 1 aliphatic rings. The molecule has 7 heteroatoms. The first kappa shape index (κ1) is 13.4. The minimum Gasteiger partial charge on any atom is -0.356 e. The Morgan fingerprint density at radius 3 is 3.17 bits per heavy atom. The highest BCUT2D eigenvalue weighted by Crippen LogP contribution is 2.28. The maximum absolute atomic E-state index is 11.5. The zero-order valence-electron chi connectivity index (χ0n) is 10.6. The van der Waals surface area contributed by atoms with E-state index in [2.05, 4.69) is 15.5 Å². The van der Waals surface area contributed by atoms with Crippen LogP contribution in [0.25, 0.3) is 0 Å². The number of nitrogens with zero attached hydrogens (tertiary/aromatic N) is 3. The smallest absolute Gasteiger partial charge is 0.221 e. The fraction of sp³-hybridized carbons (Fsp3) is 0.727. The van der Waals surface area contributed by atoms with Gasteiger partial charge in [-0.15, -0.1) is 10.2 Å². The van der Waals surface area contributed by atoms with Gasteiger partial charge in [0.15, 0.2) is 5.16 Å². The Hall–Kier alpha value is -1.08. The van der Waals surface area contributed by atoms with Gasteiger partial charge in [0.2, 0.25) is 5.91 Å². The number of carbonyl (C=O) groups is 1. The topological polar surface area (TPSA) is 85.8 Å². The van der Waals surface area contributed by atoms with E-state index >= 15 is 0 Å². The van der Waals surface area contributed by atoms with Crippen LogP contribution in [-0.4, -0.2) is 39.0 Å². The molecule has 1 fully saturated rings. The van der Waals surface area contributed by atoms with Crippen molar-refractivity contribution in [1.29, 1.82) is 0 Å². The van der Waals surface area contributed by atoms with Crippen LogP contribution in [0.5, 0.6) is 0 Å². The van der Waals surface area contributed by atoms with Crippen LogP contribution in [0.4, 0.5) is 0 Å². The van der Waals surface area contributed by atoms with Crippen molar-refractivity contribution in [3.63, 3.8) is 0 Å². The highest BCUT2D eigenvalue weighted by Gasteiger charge is 2.21. The van der Waals surface area contributed by atoms with E-state index in [4.69, 9.17) is 5.73 Å². The predicted octanol–water partition coefficient (Wildman–Crippen LogP) is 0.306. The summed E-state index contributed by atoms with van der Waals surface area (Å²) < 4.78 is 2.02. The fourth-order valence-electron chi connectivity index (χ4n) is 2.02. The van der Waals surface area contributed by atoms with Gasteiger partial charge in [-0.3, -0.25) is 4.79 Å². The summed E-state index contributed by atoms with van der Waals surface area (Å²) in [7, 11) is 0. The molecular formula is C11H19N5OS. The zero-order chi connectivity index (χ0) is 13.0. The van der Waals surface area contributed by atoms with Gasteiger partial charge < -0.3 is 15.6 Å². The summed E-state index contributed by atoms with van der Waals surface area (Å²) in [5, 5.41) is 12.3. The maximum Gasteiger partial charge on any atom is 0.221 e. The molecule has 1 saturated heterocycles. The highest BCUT2D eigenvalue weighted by molar-refractivity contribution is 7.99. The third-order valence-corrected chi connectivity index (χ3v) is 4.21. The van der Waals surface area contributed by atoms with Gasteiger partial charge >= 0.3 is 0 Å². The van der Waals surface area contributed by atoms with Gasteiger partial charge in [0, 0.05) is 31.3 Å². The Kier molecular flexibility index (Phi) is 4.60. The van der Waals surface area contributed by atoms with E-state index in [1.54, 1.807) is 11.8 Å². The zero-order valence-corrected chi connectivity index (χ0v) is 11.4. The average Bonchev–Trinajstić information content (AvgIpc) is 2.56. The molecule has 3 N–H and O–H groups in total. The molecule has 1 unspecified atom stereocenters. The minimum atomic E-state index is 0.131. The van der Waals surface area contributed by atoms with Crippen molar-refractivity contribution in [3.8, 4) is 0 Å². The van der Waals surface area contributed by atoms with Crippen molar-refractivity contribution >= 4 is 17.7 Å². The lowest BCUT2D eigenvalue weighted by Gasteiger charge is -2.12. The summed E-state index contributed by atoms with van der Waals surface area (Å²) in [5.41, 5.74) is 5.59. The first-order valence-corrected chi connectivity index (χ1v) is 7.12. The molecule has 1 atom stereocenters. The van der Waals surface area contributed by atoms with Crippen molar-refractivity contribution in [2.45, 2.75) is 43.1 Å². The molecule has 1 aliphatic heterocycles. The third kappa shape index (κ3) is 3.23. The Morgan fingerprint density at radius 2 is 2.39 bits per heavy atom. The van der Waals surface area contributed by atoms with E-state index in [-0.39, 0.29) is 11.2 Å². The predicted molar refractivity (Wildman–Crippen MR) is 70.3 cm³/mol. The van der Waals surface area contributed by atoms with Crippen LogP contribution in [0.2, 0.25) is 0 Å². The molecule has 0 aliphatic carbocycles. The SMILES string of the molecule is Cc1nnc(SC2CCCNC(=O)C2)n1CCN. The van der Waals surface area contributed by atoms with E-state index in [0.717, 1.165) is 36.9 Å². The fourth-order valence-corrected chi connectivity index (χ4v) is 3.28. The second-order valence-corrected chi connectivity index (χ2v) is 5.67. The van der Waals surface area contributed by atoms with Crippen LogP contribution < -0.4 is 11.1 Å². The number of amides is 1. The lowest BCUT2D eigenvalue weighted by molar-refractivity contribution is -0.120. The molecule has 1 amide bonds. The summed E-state index contributed by atoms with van der Waals surface area (Å²) in [6, 6.07) is 0. The van der Waals surface area contributed by atoms with E-state index < -0.39 is 0 Å². The van der Waals surface area contributed by atoms with Gasteiger partial charge in [0.05, 0.1) is 0 Å².